The van der Waals surface area contributed by atoms with Crippen LogP contribution in [0.1, 0.15) is 40.5 Å². The van der Waals surface area contributed by atoms with E-state index < -0.39 is 0 Å². The van der Waals surface area contributed by atoms with Crippen LogP contribution in [0.15, 0.2) is 0 Å². The second kappa shape index (κ2) is 4.52. The van der Waals surface area contributed by atoms with E-state index in [-0.39, 0.29) is 17.4 Å². The van der Waals surface area contributed by atoms with Gasteiger partial charge in [0.1, 0.15) is 0 Å². The van der Waals surface area contributed by atoms with Crippen molar-refractivity contribution >= 4 is 5.91 Å². The molecule has 0 aliphatic carbocycles. The first kappa shape index (κ1) is 12.5. The SMILES string of the molecule is CC(O)C1CCN(C(=O)C(C)(C)C)CC1. The number of piperidine rings is 1. The molecular weight excluding hydrogens is 190 g/mol. The highest BCUT2D eigenvalue weighted by Gasteiger charge is 2.31. The number of aliphatic hydroxyl groups excluding tert-OH is 1. The molecule has 0 bridgehead atoms. The van der Waals surface area contributed by atoms with Crippen molar-refractivity contribution in [3.8, 4) is 0 Å². The third kappa shape index (κ3) is 3.20. The van der Waals surface area contributed by atoms with E-state index in [9.17, 15) is 9.90 Å². The zero-order valence-electron chi connectivity index (χ0n) is 10.3. The van der Waals surface area contributed by atoms with Crippen molar-refractivity contribution < 1.29 is 9.90 Å². The number of aliphatic hydroxyl groups is 1. The van der Waals surface area contributed by atoms with Crippen LogP contribution >= 0.6 is 0 Å². The predicted molar refractivity (Wildman–Crippen MR) is 60.4 cm³/mol. The van der Waals surface area contributed by atoms with E-state index in [4.69, 9.17) is 0 Å². The van der Waals surface area contributed by atoms with Gasteiger partial charge in [-0.2, -0.15) is 0 Å². The normalized spacial score (nSPS) is 21.5. The molecule has 0 aromatic rings. The fourth-order valence-electron chi connectivity index (χ4n) is 2.06. The zero-order valence-corrected chi connectivity index (χ0v) is 10.3. The Morgan fingerprint density at radius 3 is 2.13 bits per heavy atom. The minimum atomic E-state index is -0.280. The van der Waals surface area contributed by atoms with E-state index in [0.29, 0.717) is 5.92 Å². The second-order valence-electron chi connectivity index (χ2n) is 5.62. The number of hydrogen-bond acceptors (Lipinski definition) is 2. The van der Waals surface area contributed by atoms with Crippen LogP contribution in [0.3, 0.4) is 0 Å². The van der Waals surface area contributed by atoms with Gasteiger partial charge >= 0.3 is 0 Å². The Balaban J connectivity index is 2.48. The fourth-order valence-corrected chi connectivity index (χ4v) is 2.06. The molecule has 0 aromatic heterocycles. The van der Waals surface area contributed by atoms with E-state index in [1.165, 1.54) is 0 Å². The van der Waals surface area contributed by atoms with Crippen LogP contribution in [-0.2, 0) is 4.79 Å². The van der Waals surface area contributed by atoms with Gasteiger partial charge < -0.3 is 10.0 Å². The number of carbonyl (C=O) groups is 1. The van der Waals surface area contributed by atoms with E-state index in [2.05, 4.69) is 0 Å². The molecule has 0 spiro atoms. The van der Waals surface area contributed by atoms with Crippen molar-refractivity contribution in [1.29, 1.82) is 0 Å². The minimum absolute atomic E-state index is 0.228. The number of nitrogens with zero attached hydrogens (tertiary/aromatic N) is 1. The summed E-state index contributed by atoms with van der Waals surface area (Å²) in [6.45, 7) is 9.30. The van der Waals surface area contributed by atoms with E-state index in [1.807, 2.05) is 32.6 Å². The molecule has 1 saturated heterocycles. The van der Waals surface area contributed by atoms with Gasteiger partial charge in [0.05, 0.1) is 6.10 Å². The fraction of sp³-hybridized carbons (Fsp3) is 0.917. The van der Waals surface area contributed by atoms with Gasteiger partial charge in [0.15, 0.2) is 0 Å². The number of carbonyl (C=O) groups excluding carboxylic acids is 1. The van der Waals surface area contributed by atoms with E-state index in [1.54, 1.807) is 0 Å². The van der Waals surface area contributed by atoms with Gasteiger partial charge in [-0.15, -0.1) is 0 Å². The molecule has 1 rings (SSSR count). The number of hydrogen-bond donors (Lipinski definition) is 1. The van der Waals surface area contributed by atoms with Crippen LogP contribution in [0.5, 0.6) is 0 Å². The summed E-state index contributed by atoms with van der Waals surface area (Å²) in [5.74, 6) is 0.598. The molecule has 1 aliphatic heterocycles. The van der Waals surface area contributed by atoms with Gasteiger partial charge in [0.2, 0.25) is 5.91 Å². The average molecular weight is 213 g/mol. The Kier molecular flexibility index (Phi) is 3.77. The summed E-state index contributed by atoms with van der Waals surface area (Å²) in [5.41, 5.74) is -0.280. The Bertz CT molecular complexity index is 222. The predicted octanol–water partition coefficient (Wildman–Crippen LogP) is 1.65. The lowest BCUT2D eigenvalue weighted by molar-refractivity contribution is -0.141. The highest BCUT2D eigenvalue weighted by atomic mass is 16.3. The minimum Gasteiger partial charge on any atom is -0.393 e. The summed E-state index contributed by atoms with van der Waals surface area (Å²) in [4.78, 5) is 13.9. The third-order valence-corrected chi connectivity index (χ3v) is 3.15. The monoisotopic (exact) mass is 213 g/mol. The lowest BCUT2D eigenvalue weighted by atomic mass is 9.89. The van der Waals surface area contributed by atoms with Crippen LogP contribution < -0.4 is 0 Å². The third-order valence-electron chi connectivity index (χ3n) is 3.15. The molecule has 3 heteroatoms. The summed E-state index contributed by atoms with van der Waals surface area (Å²) in [5, 5.41) is 9.46. The molecule has 1 amide bonds. The van der Waals surface area contributed by atoms with Crippen molar-refractivity contribution in [2.45, 2.75) is 46.6 Å². The van der Waals surface area contributed by atoms with Crippen molar-refractivity contribution in [1.82, 2.24) is 4.90 Å². The van der Waals surface area contributed by atoms with Crippen molar-refractivity contribution in [3.63, 3.8) is 0 Å². The second-order valence-corrected chi connectivity index (χ2v) is 5.62. The van der Waals surface area contributed by atoms with Crippen LogP contribution in [0.25, 0.3) is 0 Å². The van der Waals surface area contributed by atoms with Crippen molar-refractivity contribution in [2.24, 2.45) is 11.3 Å². The molecule has 3 nitrogen and oxygen atoms in total. The molecule has 15 heavy (non-hydrogen) atoms. The Morgan fingerprint density at radius 2 is 1.80 bits per heavy atom. The van der Waals surface area contributed by atoms with Crippen LogP contribution in [0.4, 0.5) is 0 Å². The summed E-state index contributed by atoms with van der Waals surface area (Å²) < 4.78 is 0. The van der Waals surface area contributed by atoms with Gasteiger partial charge in [-0.1, -0.05) is 20.8 Å². The largest absolute Gasteiger partial charge is 0.393 e. The molecule has 0 aromatic carbocycles. The summed E-state index contributed by atoms with van der Waals surface area (Å²) in [6, 6.07) is 0. The maximum Gasteiger partial charge on any atom is 0.227 e. The standard InChI is InChI=1S/C12H23NO2/c1-9(14)10-5-7-13(8-6-10)11(15)12(2,3)4/h9-10,14H,5-8H2,1-4H3. The smallest absolute Gasteiger partial charge is 0.227 e. The van der Waals surface area contributed by atoms with Gasteiger partial charge in [-0.25, -0.2) is 0 Å². The molecule has 0 saturated carbocycles. The molecular formula is C12H23NO2. The molecule has 1 atom stereocenters. The quantitative estimate of drug-likeness (QED) is 0.719. The first-order valence-corrected chi connectivity index (χ1v) is 5.80. The van der Waals surface area contributed by atoms with Crippen LogP contribution in [0.2, 0.25) is 0 Å². The van der Waals surface area contributed by atoms with Gasteiger partial charge in [-0.05, 0) is 25.7 Å². The average Bonchev–Trinajstić information content (AvgIpc) is 2.15. The molecule has 0 radical (unpaired) electrons. The Morgan fingerprint density at radius 1 is 1.33 bits per heavy atom. The van der Waals surface area contributed by atoms with Crippen LogP contribution in [-0.4, -0.2) is 35.1 Å². The maximum absolute atomic E-state index is 12.0. The molecule has 1 heterocycles. The van der Waals surface area contributed by atoms with Crippen LogP contribution in [0, 0.1) is 11.3 Å². The molecule has 1 fully saturated rings. The Labute approximate surface area is 92.5 Å². The highest BCUT2D eigenvalue weighted by molar-refractivity contribution is 5.81. The molecule has 1 N–H and O–H groups in total. The zero-order chi connectivity index (χ0) is 11.6. The van der Waals surface area contributed by atoms with Gasteiger partial charge in [-0.3, -0.25) is 4.79 Å². The first-order chi connectivity index (χ1) is 6.82. The molecule has 1 aliphatic rings. The summed E-state index contributed by atoms with van der Waals surface area (Å²) in [6.07, 6.45) is 1.62. The van der Waals surface area contributed by atoms with Crippen molar-refractivity contribution in [3.05, 3.63) is 0 Å². The highest BCUT2D eigenvalue weighted by Crippen LogP contribution is 2.24. The lowest BCUT2D eigenvalue weighted by Crippen LogP contribution is -2.45. The Hall–Kier alpha value is -0.570. The summed E-state index contributed by atoms with van der Waals surface area (Å²) in [7, 11) is 0. The number of amides is 1. The summed E-state index contributed by atoms with van der Waals surface area (Å²) >= 11 is 0. The molecule has 88 valence electrons. The first-order valence-electron chi connectivity index (χ1n) is 5.80. The van der Waals surface area contributed by atoms with Gasteiger partial charge in [0.25, 0.3) is 0 Å². The van der Waals surface area contributed by atoms with Crippen molar-refractivity contribution in [2.75, 3.05) is 13.1 Å². The molecule has 1 unspecified atom stereocenters. The number of rotatable bonds is 1. The lowest BCUT2D eigenvalue weighted by Gasteiger charge is -2.36. The topological polar surface area (TPSA) is 40.5 Å². The number of likely N-dealkylation sites (tertiary alicyclic amines) is 1. The van der Waals surface area contributed by atoms with E-state index >= 15 is 0 Å². The van der Waals surface area contributed by atoms with E-state index in [0.717, 1.165) is 25.9 Å². The maximum atomic E-state index is 12.0. The van der Waals surface area contributed by atoms with Gasteiger partial charge in [0, 0.05) is 18.5 Å².